The fourth-order valence-electron chi connectivity index (χ4n) is 2.07. The predicted octanol–water partition coefficient (Wildman–Crippen LogP) is 3.55. The lowest BCUT2D eigenvalue weighted by molar-refractivity contribution is 0.611. The van der Waals surface area contributed by atoms with Crippen molar-refractivity contribution in [2.24, 2.45) is 4.99 Å². The number of nitriles is 2. The highest BCUT2D eigenvalue weighted by molar-refractivity contribution is 6.10. The molecule has 2 rings (SSSR count). The van der Waals surface area contributed by atoms with E-state index in [0.29, 0.717) is 5.56 Å². The first-order valence-electron chi connectivity index (χ1n) is 6.96. The zero-order valence-electron chi connectivity index (χ0n) is 12.9. The molecule has 0 saturated carbocycles. The molecule has 0 unspecified atom stereocenters. The molecule has 0 fully saturated rings. The van der Waals surface area contributed by atoms with E-state index in [1.165, 1.54) is 6.07 Å². The summed E-state index contributed by atoms with van der Waals surface area (Å²) in [5.41, 5.74) is 2.84. The van der Waals surface area contributed by atoms with Crippen LogP contribution in [0, 0.1) is 28.5 Å². The predicted molar refractivity (Wildman–Crippen MR) is 88.5 cm³/mol. The Balaban J connectivity index is 2.24. The Morgan fingerprint density at radius 3 is 2.17 bits per heavy atom. The Kier molecular flexibility index (Phi) is 5.07. The zero-order valence-corrected chi connectivity index (χ0v) is 12.9. The first kappa shape index (κ1) is 16.2. The molecule has 2 aromatic carbocycles. The minimum Gasteiger partial charge on any atom is -0.378 e. The van der Waals surface area contributed by atoms with Crippen molar-refractivity contribution in [2.45, 2.75) is 6.54 Å². The van der Waals surface area contributed by atoms with Crippen LogP contribution < -0.4 is 4.90 Å². The molecule has 2 aromatic rings. The number of aliphatic imine (C=N–C) groups is 1. The van der Waals surface area contributed by atoms with E-state index in [-0.39, 0.29) is 12.3 Å². The van der Waals surface area contributed by atoms with Crippen LogP contribution in [0.1, 0.15) is 5.56 Å². The van der Waals surface area contributed by atoms with E-state index < -0.39 is 5.82 Å². The van der Waals surface area contributed by atoms with Gasteiger partial charge in [0.15, 0.2) is 0 Å². The van der Waals surface area contributed by atoms with Gasteiger partial charge in [0.25, 0.3) is 0 Å². The van der Waals surface area contributed by atoms with E-state index in [1.54, 1.807) is 24.3 Å². The molecule has 114 valence electrons. The van der Waals surface area contributed by atoms with Crippen LogP contribution in [0.5, 0.6) is 0 Å². The maximum atomic E-state index is 14.2. The molecule has 4 nitrogen and oxygen atoms in total. The van der Waals surface area contributed by atoms with Crippen molar-refractivity contribution in [3.05, 3.63) is 53.8 Å². The van der Waals surface area contributed by atoms with Crippen LogP contribution in [0.3, 0.4) is 0 Å². The Hall–Kier alpha value is -3.18. The number of hydrogen-bond acceptors (Lipinski definition) is 4. The fraction of sp³-hybridized carbons (Fsp3) is 0.167. The van der Waals surface area contributed by atoms with Gasteiger partial charge in [-0.05, 0) is 29.3 Å². The molecular weight excluding hydrogens is 291 g/mol. The topological polar surface area (TPSA) is 63.2 Å². The average molecular weight is 306 g/mol. The number of rotatable bonds is 4. The summed E-state index contributed by atoms with van der Waals surface area (Å²) in [6.45, 7) is -0.0257. The van der Waals surface area contributed by atoms with Gasteiger partial charge in [-0.25, -0.2) is 4.39 Å². The van der Waals surface area contributed by atoms with E-state index in [1.807, 2.05) is 43.3 Å². The highest BCUT2D eigenvalue weighted by atomic mass is 19.1. The largest absolute Gasteiger partial charge is 0.378 e. The highest BCUT2D eigenvalue weighted by Crippen LogP contribution is 2.24. The van der Waals surface area contributed by atoms with E-state index in [4.69, 9.17) is 10.5 Å². The third kappa shape index (κ3) is 3.93. The Labute approximate surface area is 134 Å². The van der Waals surface area contributed by atoms with Crippen LogP contribution in [-0.4, -0.2) is 19.8 Å². The van der Waals surface area contributed by atoms with Crippen LogP contribution in [0.2, 0.25) is 0 Å². The molecular formula is C18H15FN4. The molecule has 0 heterocycles. The molecule has 23 heavy (non-hydrogen) atoms. The normalized spacial score (nSPS) is 9.61. The average Bonchev–Trinajstić information content (AvgIpc) is 2.57. The van der Waals surface area contributed by atoms with Gasteiger partial charge in [0.2, 0.25) is 5.71 Å². The molecule has 0 radical (unpaired) electrons. The number of anilines is 1. The molecule has 5 heteroatoms. The third-order valence-electron chi connectivity index (χ3n) is 3.39. The molecule has 0 aromatic heterocycles. The zero-order chi connectivity index (χ0) is 16.8. The van der Waals surface area contributed by atoms with Crippen LogP contribution in [-0.2, 0) is 6.54 Å². The number of nitrogens with zero attached hydrogens (tertiary/aromatic N) is 4. The molecule has 0 aliphatic heterocycles. The lowest BCUT2D eigenvalue weighted by atomic mass is 10.0. The maximum Gasteiger partial charge on any atom is 0.213 e. The van der Waals surface area contributed by atoms with Crippen molar-refractivity contribution >= 4 is 11.4 Å². The van der Waals surface area contributed by atoms with Gasteiger partial charge in [0.1, 0.15) is 18.0 Å². The molecule has 0 amide bonds. The SMILES string of the molecule is CN(C)c1ccc(-c2ccc(CN=C(C#N)C#N)c(F)c2)cc1. The third-order valence-corrected chi connectivity index (χ3v) is 3.39. The van der Waals surface area contributed by atoms with Crippen molar-refractivity contribution in [1.29, 1.82) is 10.5 Å². The summed E-state index contributed by atoms with van der Waals surface area (Å²) in [6.07, 6.45) is 0. The maximum absolute atomic E-state index is 14.2. The van der Waals surface area contributed by atoms with Crippen molar-refractivity contribution in [1.82, 2.24) is 0 Å². The fourth-order valence-corrected chi connectivity index (χ4v) is 2.07. The monoisotopic (exact) mass is 306 g/mol. The molecule has 0 N–H and O–H groups in total. The lowest BCUT2D eigenvalue weighted by Gasteiger charge is -2.13. The van der Waals surface area contributed by atoms with E-state index in [0.717, 1.165) is 16.8 Å². The minimum atomic E-state index is -0.404. The Morgan fingerprint density at radius 2 is 1.65 bits per heavy atom. The summed E-state index contributed by atoms with van der Waals surface area (Å²) in [5.74, 6) is -0.404. The highest BCUT2D eigenvalue weighted by Gasteiger charge is 2.06. The van der Waals surface area contributed by atoms with E-state index in [9.17, 15) is 4.39 Å². The summed E-state index contributed by atoms with van der Waals surface area (Å²) >= 11 is 0. The first-order chi connectivity index (χ1) is 11.0. The first-order valence-corrected chi connectivity index (χ1v) is 6.96. The van der Waals surface area contributed by atoms with Crippen molar-refractivity contribution in [3.8, 4) is 23.3 Å². The van der Waals surface area contributed by atoms with Crippen LogP contribution >= 0.6 is 0 Å². The Morgan fingerprint density at radius 1 is 1.04 bits per heavy atom. The molecule has 0 spiro atoms. The van der Waals surface area contributed by atoms with Crippen LogP contribution in [0.15, 0.2) is 47.5 Å². The summed E-state index contributed by atoms with van der Waals surface area (Å²) in [4.78, 5) is 5.77. The van der Waals surface area contributed by atoms with Crippen LogP contribution in [0.4, 0.5) is 10.1 Å². The van der Waals surface area contributed by atoms with E-state index in [2.05, 4.69) is 4.99 Å². The quantitative estimate of drug-likeness (QED) is 0.811. The van der Waals surface area contributed by atoms with Gasteiger partial charge in [-0.15, -0.1) is 0 Å². The lowest BCUT2D eigenvalue weighted by Crippen LogP contribution is -2.07. The summed E-state index contributed by atoms with van der Waals surface area (Å²) in [7, 11) is 3.92. The summed E-state index contributed by atoms with van der Waals surface area (Å²) in [6, 6.07) is 16.0. The van der Waals surface area contributed by atoms with E-state index >= 15 is 0 Å². The van der Waals surface area contributed by atoms with Crippen molar-refractivity contribution in [3.63, 3.8) is 0 Å². The smallest absolute Gasteiger partial charge is 0.213 e. The van der Waals surface area contributed by atoms with Gasteiger partial charge < -0.3 is 4.90 Å². The van der Waals surface area contributed by atoms with Gasteiger partial charge >= 0.3 is 0 Å². The number of benzene rings is 2. The standard InChI is InChI=1S/C18H15FN4/c1-23(2)17-7-5-13(6-8-17)14-3-4-15(18(19)9-14)12-22-16(10-20)11-21/h3-9H,12H2,1-2H3. The van der Waals surface area contributed by atoms with Gasteiger partial charge in [-0.1, -0.05) is 24.3 Å². The second-order valence-electron chi connectivity index (χ2n) is 5.14. The molecule has 0 aliphatic carbocycles. The summed E-state index contributed by atoms with van der Waals surface area (Å²) in [5, 5.41) is 17.3. The van der Waals surface area contributed by atoms with Crippen molar-refractivity contribution in [2.75, 3.05) is 19.0 Å². The van der Waals surface area contributed by atoms with Gasteiger partial charge in [-0.3, -0.25) is 4.99 Å². The number of hydrogen-bond donors (Lipinski definition) is 0. The van der Waals surface area contributed by atoms with Gasteiger partial charge in [0.05, 0.1) is 6.54 Å². The molecule has 0 bridgehead atoms. The van der Waals surface area contributed by atoms with Crippen LogP contribution in [0.25, 0.3) is 11.1 Å². The second-order valence-corrected chi connectivity index (χ2v) is 5.14. The number of halogens is 1. The van der Waals surface area contributed by atoms with Crippen molar-refractivity contribution < 1.29 is 4.39 Å². The molecule has 0 atom stereocenters. The van der Waals surface area contributed by atoms with Gasteiger partial charge in [0, 0.05) is 25.3 Å². The minimum absolute atomic E-state index is 0.0257. The van der Waals surface area contributed by atoms with Gasteiger partial charge in [-0.2, -0.15) is 10.5 Å². The Bertz CT molecular complexity index is 792. The molecule has 0 aliphatic rings. The molecule has 0 saturated heterocycles. The summed E-state index contributed by atoms with van der Waals surface area (Å²) < 4.78 is 14.2. The second kappa shape index (κ2) is 7.20.